The zero-order chi connectivity index (χ0) is 17.1. The normalized spacial score (nSPS) is 24.1. The molecule has 3 heterocycles. The highest BCUT2D eigenvalue weighted by Gasteiger charge is 2.30. The molecule has 4 rings (SSSR count). The van der Waals surface area contributed by atoms with Gasteiger partial charge in [-0.25, -0.2) is 9.97 Å². The summed E-state index contributed by atoms with van der Waals surface area (Å²) in [4.78, 5) is 15.3. The summed E-state index contributed by atoms with van der Waals surface area (Å²) in [6.07, 6.45) is 9.07. The second-order valence-corrected chi connectivity index (χ2v) is 6.98. The molecule has 0 spiro atoms. The maximum Gasteiger partial charge on any atom is 0.132 e. The van der Waals surface area contributed by atoms with E-state index in [1.807, 2.05) is 18.3 Å². The number of aliphatic hydroxyl groups excluding tert-OH is 1. The number of piperidine rings is 1. The van der Waals surface area contributed by atoms with Gasteiger partial charge in [0.1, 0.15) is 12.1 Å². The van der Waals surface area contributed by atoms with E-state index in [4.69, 9.17) is 4.74 Å². The molecule has 0 unspecified atom stereocenters. The van der Waals surface area contributed by atoms with Crippen LogP contribution in [0, 0.1) is 0 Å². The van der Waals surface area contributed by atoms with Crippen LogP contribution in [0.5, 0.6) is 0 Å². The van der Waals surface area contributed by atoms with E-state index in [-0.39, 0.29) is 6.10 Å². The van der Waals surface area contributed by atoms with Gasteiger partial charge in [0.05, 0.1) is 18.8 Å². The van der Waals surface area contributed by atoms with Crippen molar-refractivity contribution in [3.8, 4) is 0 Å². The van der Waals surface area contributed by atoms with E-state index in [1.165, 1.54) is 0 Å². The molecule has 0 aromatic carbocycles. The quantitative estimate of drug-likeness (QED) is 0.900. The van der Waals surface area contributed by atoms with Crippen LogP contribution in [0.4, 0.5) is 5.82 Å². The Bertz CT molecular complexity index is 683. The molecule has 1 saturated carbocycles. The Labute approximate surface area is 147 Å². The Kier molecular flexibility index (Phi) is 4.90. The van der Waals surface area contributed by atoms with Gasteiger partial charge in [0, 0.05) is 43.2 Å². The number of aromatic nitrogens is 3. The number of nitrogens with zero attached hydrogens (tertiary/aromatic N) is 4. The maximum atomic E-state index is 9.49. The molecule has 25 heavy (non-hydrogen) atoms. The van der Waals surface area contributed by atoms with E-state index < -0.39 is 0 Å². The van der Waals surface area contributed by atoms with Gasteiger partial charge in [0.2, 0.25) is 0 Å². The maximum absolute atomic E-state index is 9.49. The first-order valence-electron chi connectivity index (χ1n) is 9.03. The van der Waals surface area contributed by atoms with E-state index in [1.54, 1.807) is 12.5 Å². The lowest BCUT2D eigenvalue weighted by atomic mass is 9.80. The third kappa shape index (κ3) is 3.96. The van der Waals surface area contributed by atoms with Crippen molar-refractivity contribution in [1.29, 1.82) is 0 Å². The van der Waals surface area contributed by atoms with Crippen molar-refractivity contribution in [2.75, 3.05) is 18.0 Å². The minimum atomic E-state index is -0.156. The summed E-state index contributed by atoms with van der Waals surface area (Å²) in [5.41, 5.74) is 2.18. The van der Waals surface area contributed by atoms with Gasteiger partial charge in [0.15, 0.2) is 0 Å². The Hall–Kier alpha value is -2.05. The van der Waals surface area contributed by atoms with Crippen LogP contribution in [-0.4, -0.2) is 45.4 Å². The lowest BCUT2D eigenvalue weighted by molar-refractivity contribution is 0.0249. The molecule has 1 N–H and O–H groups in total. The van der Waals surface area contributed by atoms with E-state index in [9.17, 15) is 5.11 Å². The highest BCUT2D eigenvalue weighted by Crippen LogP contribution is 2.36. The highest BCUT2D eigenvalue weighted by molar-refractivity contribution is 5.40. The van der Waals surface area contributed by atoms with E-state index >= 15 is 0 Å². The molecule has 0 atom stereocenters. The van der Waals surface area contributed by atoms with Crippen molar-refractivity contribution in [2.45, 2.75) is 50.4 Å². The lowest BCUT2D eigenvalue weighted by Crippen LogP contribution is -2.37. The minimum absolute atomic E-state index is 0.156. The first-order valence-corrected chi connectivity index (χ1v) is 9.03. The third-order valence-electron chi connectivity index (χ3n) is 5.18. The summed E-state index contributed by atoms with van der Waals surface area (Å²) in [7, 11) is 0. The number of anilines is 1. The predicted molar refractivity (Wildman–Crippen MR) is 94.3 cm³/mol. The van der Waals surface area contributed by atoms with Gasteiger partial charge >= 0.3 is 0 Å². The molecule has 2 fully saturated rings. The predicted octanol–water partition coefficient (Wildman–Crippen LogP) is 2.30. The molecule has 6 heteroatoms. The summed E-state index contributed by atoms with van der Waals surface area (Å²) in [6.45, 7) is 2.52. The number of pyridine rings is 1. The number of ether oxygens (including phenoxy) is 1. The van der Waals surface area contributed by atoms with Crippen LogP contribution in [-0.2, 0) is 11.3 Å². The standard InChI is InChI=1S/C19H24N4O2/c24-16-8-15(9-16)18-10-19(22-13-21-18)23-6-3-17(4-7-23)25-12-14-2-1-5-20-11-14/h1-2,5,10-11,13,15-17,24H,3-4,6-9,12H2. The van der Waals surface area contributed by atoms with Crippen LogP contribution in [0.15, 0.2) is 36.9 Å². The van der Waals surface area contributed by atoms with Gasteiger partial charge in [-0.05, 0) is 37.3 Å². The smallest absolute Gasteiger partial charge is 0.132 e. The molecular weight excluding hydrogens is 316 g/mol. The fourth-order valence-corrected chi connectivity index (χ4v) is 3.54. The molecule has 1 aliphatic heterocycles. The van der Waals surface area contributed by atoms with E-state index in [0.717, 1.165) is 55.8 Å². The van der Waals surface area contributed by atoms with Crippen molar-refractivity contribution in [3.05, 3.63) is 48.2 Å². The second kappa shape index (κ2) is 7.45. The van der Waals surface area contributed by atoms with Crippen LogP contribution in [0.2, 0.25) is 0 Å². The first-order chi connectivity index (χ1) is 12.3. The zero-order valence-corrected chi connectivity index (χ0v) is 14.3. The third-order valence-corrected chi connectivity index (χ3v) is 5.18. The number of hydrogen-bond donors (Lipinski definition) is 1. The molecule has 0 radical (unpaired) electrons. The van der Waals surface area contributed by atoms with Crippen LogP contribution >= 0.6 is 0 Å². The van der Waals surface area contributed by atoms with E-state index in [2.05, 4.69) is 25.9 Å². The summed E-state index contributed by atoms with van der Waals surface area (Å²) in [5.74, 6) is 1.38. The van der Waals surface area contributed by atoms with Gasteiger partial charge in [-0.15, -0.1) is 0 Å². The molecule has 0 bridgehead atoms. The van der Waals surface area contributed by atoms with Gasteiger partial charge in [0.25, 0.3) is 0 Å². The number of aliphatic hydroxyl groups is 1. The Morgan fingerprint density at radius 2 is 2.04 bits per heavy atom. The molecule has 6 nitrogen and oxygen atoms in total. The van der Waals surface area contributed by atoms with Crippen LogP contribution < -0.4 is 4.90 Å². The van der Waals surface area contributed by atoms with Crippen molar-refractivity contribution in [3.63, 3.8) is 0 Å². The minimum Gasteiger partial charge on any atom is -0.393 e. The van der Waals surface area contributed by atoms with Crippen molar-refractivity contribution in [1.82, 2.24) is 15.0 Å². The zero-order valence-electron chi connectivity index (χ0n) is 14.3. The Morgan fingerprint density at radius 3 is 2.76 bits per heavy atom. The van der Waals surface area contributed by atoms with Crippen LogP contribution in [0.25, 0.3) is 0 Å². The van der Waals surface area contributed by atoms with Gasteiger partial charge in [-0.1, -0.05) is 6.07 Å². The molecule has 2 aliphatic rings. The highest BCUT2D eigenvalue weighted by atomic mass is 16.5. The summed E-state index contributed by atoms with van der Waals surface area (Å²) in [5, 5.41) is 9.49. The average Bonchev–Trinajstić information content (AvgIpc) is 2.65. The molecule has 2 aromatic heterocycles. The topological polar surface area (TPSA) is 71.4 Å². The fraction of sp³-hybridized carbons (Fsp3) is 0.526. The first kappa shape index (κ1) is 16.4. The van der Waals surface area contributed by atoms with Gasteiger partial charge in [-0.3, -0.25) is 4.98 Å². The lowest BCUT2D eigenvalue weighted by Gasteiger charge is -2.34. The van der Waals surface area contributed by atoms with E-state index in [0.29, 0.717) is 18.6 Å². The van der Waals surface area contributed by atoms with Crippen molar-refractivity contribution in [2.24, 2.45) is 0 Å². The average molecular weight is 340 g/mol. The van der Waals surface area contributed by atoms with Crippen molar-refractivity contribution < 1.29 is 9.84 Å². The van der Waals surface area contributed by atoms with Crippen LogP contribution in [0.3, 0.4) is 0 Å². The number of hydrogen-bond acceptors (Lipinski definition) is 6. The summed E-state index contributed by atoms with van der Waals surface area (Å²) >= 11 is 0. The molecule has 132 valence electrons. The molecular formula is C19H24N4O2. The monoisotopic (exact) mass is 340 g/mol. The Balaban J connectivity index is 1.29. The Morgan fingerprint density at radius 1 is 1.20 bits per heavy atom. The number of rotatable bonds is 5. The molecule has 2 aromatic rings. The summed E-state index contributed by atoms with van der Waals surface area (Å²) in [6, 6.07) is 6.07. The van der Waals surface area contributed by atoms with Gasteiger partial charge in [-0.2, -0.15) is 0 Å². The molecule has 1 saturated heterocycles. The summed E-state index contributed by atoms with van der Waals surface area (Å²) < 4.78 is 6.03. The molecule has 1 aliphatic carbocycles. The van der Waals surface area contributed by atoms with Crippen LogP contribution in [0.1, 0.15) is 42.9 Å². The fourth-order valence-electron chi connectivity index (χ4n) is 3.54. The van der Waals surface area contributed by atoms with Crippen molar-refractivity contribution >= 4 is 5.82 Å². The largest absolute Gasteiger partial charge is 0.393 e. The second-order valence-electron chi connectivity index (χ2n) is 6.98. The van der Waals surface area contributed by atoms with Gasteiger partial charge < -0.3 is 14.7 Å². The SMILES string of the molecule is OC1CC(c2cc(N3CCC(OCc4cccnc4)CC3)ncn2)C1. The molecule has 0 amide bonds.